The maximum atomic E-state index is 12.3. The summed E-state index contributed by atoms with van der Waals surface area (Å²) in [7, 11) is 0. The van der Waals surface area contributed by atoms with E-state index in [2.05, 4.69) is 4.98 Å². The molecule has 0 saturated carbocycles. The lowest BCUT2D eigenvalue weighted by molar-refractivity contribution is -0.385. The molecule has 1 atom stereocenters. The predicted octanol–water partition coefficient (Wildman–Crippen LogP) is 4.06. The monoisotopic (exact) mass is 322 g/mol. The summed E-state index contributed by atoms with van der Waals surface area (Å²) < 4.78 is 5.38. The molecular weight excluding hydrogens is 308 g/mol. The van der Waals surface area contributed by atoms with Gasteiger partial charge in [0.05, 0.1) is 10.4 Å². The van der Waals surface area contributed by atoms with Gasteiger partial charge in [0.1, 0.15) is 11.8 Å². The van der Waals surface area contributed by atoms with Crippen LogP contribution in [0, 0.1) is 10.1 Å². The number of hydrogen-bond acceptors (Lipinski definition) is 5. The van der Waals surface area contributed by atoms with Crippen LogP contribution in [0.4, 0.5) is 5.69 Å². The summed E-state index contributed by atoms with van der Waals surface area (Å²) in [6.45, 7) is 1.66. The summed E-state index contributed by atoms with van der Waals surface area (Å²) in [4.78, 5) is 26.9. The van der Waals surface area contributed by atoms with Crippen molar-refractivity contribution >= 4 is 22.6 Å². The normalized spacial score (nSPS) is 11.9. The van der Waals surface area contributed by atoms with Gasteiger partial charge in [0.15, 0.2) is 0 Å². The molecular formula is C18H14N2O4. The quantitative estimate of drug-likeness (QED) is 0.411. The fourth-order valence-electron chi connectivity index (χ4n) is 2.36. The SMILES string of the molecule is CC(OC(=O)c1ccc2ccccc2n1)c1cccc([N+](=O)[O-])c1. The van der Waals surface area contributed by atoms with Crippen LogP contribution in [0.1, 0.15) is 29.1 Å². The maximum Gasteiger partial charge on any atom is 0.357 e. The first-order chi connectivity index (χ1) is 11.5. The first-order valence-electron chi connectivity index (χ1n) is 7.36. The van der Waals surface area contributed by atoms with E-state index in [9.17, 15) is 14.9 Å². The second-order valence-electron chi connectivity index (χ2n) is 5.29. The zero-order valence-corrected chi connectivity index (χ0v) is 12.9. The molecule has 6 heteroatoms. The first-order valence-corrected chi connectivity index (χ1v) is 7.36. The lowest BCUT2D eigenvalue weighted by atomic mass is 10.1. The highest BCUT2D eigenvalue weighted by Crippen LogP contribution is 2.23. The van der Waals surface area contributed by atoms with Gasteiger partial charge in [0.2, 0.25) is 0 Å². The van der Waals surface area contributed by atoms with Crippen LogP contribution < -0.4 is 0 Å². The molecule has 0 aliphatic heterocycles. The van der Waals surface area contributed by atoms with Crippen LogP contribution in [0.15, 0.2) is 60.7 Å². The first kappa shape index (κ1) is 15.6. The summed E-state index contributed by atoms with van der Waals surface area (Å²) >= 11 is 0. The predicted molar refractivity (Wildman–Crippen MR) is 88.7 cm³/mol. The third kappa shape index (κ3) is 3.22. The van der Waals surface area contributed by atoms with Gasteiger partial charge in [-0.3, -0.25) is 10.1 Å². The molecule has 6 nitrogen and oxygen atoms in total. The molecule has 0 saturated heterocycles. The van der Waals surface area contributed by atoms with Crippen LogP contribution in [0.3, 0.4) is 0 Å². The van der Waals surface area contributed by atoms with Crippen LogP contribution >= 0.6 is 0 Å². The van der Waals surface area contributed by atoms with Crippen LogP contribution in [-0.4, -0.2) is 15.9 Å². The third-order valence-electron chi connectivity index (χ3n) is 3.64. The number of non-ortho nitro benzene ring substituents is 1. The van der Waals surface area contributed by atoms with Crippen molar-refractivity contribution in [2.75, 3.05) is 0 Å². The van der Waals surface area contributed by atoms with Gasteiger partial charge in [-0.15, -0.1) is 0 Å². The molecule has 0 bridgehead atoms. The van der Waals surface area contributed by atoms with Gasteiger partial charge < -0.3 is 4.74 Å². The van der Waals surface area contributed by atoms with E-state index in [-0.39, 0.29) is 11.4 Å². The van der Waals surface area contributed by atoms with Crippen molar-refractivity contribution in [3.05, 3.63) is 82.0 Å². The van der Waals surface area contributed by atoms with Crippen molar-refractivity contribution in [2.45, 2.75) is 13.0 Å². The minimum Gasteiger partial charge on any atom is -0.453 e. The van der Waals surface area contributed by atoms with Gasteiger partial charge in [-0.05, 0) is 24.6 Å². The molecule has 1 aromatic heterocycles. The van der Waals surface area contributed by atoms with E-state index in [1.807, 2.05) is 24.3 Å². The number of nitrogens with zero attached hydrogens (tertiary/aromatic N) is 2. The lowest BCUT2D eigenvalue weighted by Gasteiger charge is -2.13. The Balaban J connectivity index is 1.80. The van der Waals surface area contributed by atoms with Crippen molar-refractivity contribution in [3.63, 3.8) is 0 Å². The lowest BCUT2D eigenvalue weighted by Crippen LogP contribution is -2.11. The molecule has 24 heavy (non-hydrogen) atoms. The number of hydrogen-bond donors (Lipinski definition) is 0. The highest BCUT2D eigenvalue weighted by molar-refractivity contribution is 5.91. The Morgan fingerprint density at radius 2 is 1.92 bits per heavy atom. The number of ether oxygens (including phenoxy) is 1. The van der Waals surface area contributed by atoms with E-state index in [1.54, 1.807) is 31.2 Å². The Bertz CT molecular complexity index is 924. The molecule has 1 unspecified atom stereocenters. The third-order valence-corrected chi connectivity index (χ3v) is 3.64. The van der Waals surface area contributed by atoms with E-state index in [0.29, 0.717) is 11.1 Å². The highest BCUT2D eigenvalue weighted by Gasteiger charge is 2.17. The van der Waals surface area contributed by atoms with Crippen LogP contribution in [0.25, 0.3) is 10.9 Å². The number of rotatable bonds is 4. The topological polar surface area (TPSA) is 82.3 Å². The van der Waals surface area contributed by atoms with E-state index >= 15 is 0 Å². The largest absolute Gasteiger partial charge is 0.453 e. The van der Waals surface area contributed by atoms with Gasteiger partial charge in [-0.2, -0.15) is 0 Å². The van der Waals surface area contributed by atoms with Crippen molar-refractivity contribution in [1.82, 2.24) is 4.98 Å². The summed E-state index contributed by atoms with van der Waals surface area (Å²) in [5.74, 6) is -0.570. The number of esters is 1. The van der Waals surface area contributed by atoms with Gasteiger partial charge in [-0.1, -0.05) is 36.4 Å². The number of para-hydroxylation sites is 1. The fourth-order valence-corrected chi connectivity index (χ4v) is 2.36. The molecule has 0 N–H and O–H groups in total. The van der Waals surface area contributed by atoms with E-state index in [4.69, 9.17) is 4.74 Å². The Kier molecular flexibility index (Phi) is 4.20. The number of aromatic nitrogens is 1. The Morgan fingerprint density at radius 3 is 2.71 bits per heavy atom. The molecule has 0 radical (unpaired) electrons. The summed E-state index contributed by atoms with van der Waals surface area (Å²) in [5.41, 5.74) is 1.42. The zero-order chi connectivity index (χ0) is 17.1. The maximum absolute atomic E-state index is 12.3. The summed E-state index contributed by atoms with van der Waals surface area (Å²) in [5, 5.41) is 11.8. The molecule has 3 rings (SSSR count). The number of benzene rings is 2. The standard InChI is InChI=1S/C18H14N2O4/c1-12(14-6-4-7-15(11-14)20(22)23)24-18(21)17-10-9-13-5-2-3-8-16(13)19-17/h2-12H,1H3. The van der Waals surface area contributed by atoms with Gasteiger partial charge in [-0.25, -0.2) is 9.78 Å². The van der Waals surface area contributed by atoms with Crippen molar-refractivity contribution < 1.29 is 14.5 Å². The Hall–Kier alpha value is -3.28. The highest BCUT2D eigenvalue weighted by atomic mass is 16.6. The smallest absolute Gasteiger partial charge is 0.357 e. The molecule has 0 aliphatic carbocycles. The molecule has 0 fully saturated rings. The van der Waals surface area contributed by atoms with Gasteiger partial charge >= 0.3 is 5.97 Å². The minimum atomic E-state index is -0.620. The molecule has 0 aliphatic rings. The van der Waals surface area contributed by atoms with Crippen molar-refractivity contribution in [3.8, 4) is 0 Å². The number of fused-ring (bicyclic) bond motifs is 1. The molecule has 0 spiro atoms. The van der Waals surface area contributed by atoms with E-state index in [1.165, 1.54) is 12.1 Å². The molecule has 120 valence electrons. The Morgan fingerprint density at radius 1 is 1.12 bits per heavy atom. The fraction of sp³-hybridized carbons (Fsp3) is 0.111. The molecule has 0 amide bonds. The van der Waals surface area contributed by atoms with E-state index < -0.39 is 17.0 Å². The second kappa shape index (κ2) is 6.45. The number of carbonyl (C=O) groups is 1. The molecule has 1 heterocycles. The van der Waals surface area contributed by atoms with Crippen LogP contribution in [0.2, 0.25) is 0 Å². The van der Waals surface area contributed by atoms with Gasteiger partial charge in [0, 0.05) is 17.5 Å². The molecule has 2 aromatic carbocycles. The summed E-state index contributed by atoms with van der Waals surface area (Å²) in [6.07, 6.45) is -0.620. The number of nitro benzene ring substituents is 1. The minimum absolute atomic E-state index is 0.0424. The number of carbonyl (C=O) groups excluding carboxylic acids is 1. The van der Waals surface area contributed by atoms with Crippen molar-refractivity contribution in [1.29, 1.82) is 0 Å². The Labute approximate surface area is 137 Å². The summed E-state index contributed by atoms with van der Waals surface area (Å²) in [6, 6.07) is 16.9. The molecule has 3 aromatic rings. The average molecular weight is 322 g/mol. The number of pyridine rings is 1. The zero-order valence-electron chi connectivity index (χ0n) is 12.9. The number of nitro groups is 1. The van der Waals surface area contributed by atoms with E-state index in [0.717, 1.165) is 5.39 Å². The van der Waals surface area contributed by atoms with Crippen LogP contribution in [-0.2, 0) is 4.74 Å². The average Bonchev–Trinajstić information content (AvgIpc) is 2.61. The van der Waals surface area contributed by atoms with Gasteiger partial charge in [0.25, 0.3) is 5.69 Å². The van der Waals surface area contributed by atoms with Crippen LogP contribution in [0.5, 0.6) is 0 Å². The second-order valence-corrected chi connectivity index (χ2v) is 5.29. The van der Waals surface area contributed by atoms with Crippen molar-refractivity contribution in [2.24, 2.45) is 0 Å².